The Labute approximate surface area is 127 Å². The van der Waals surface area contributed by atoms with Crippen molar-refractivity contribution in [1.29, 1.82) is 0 Å². The van der Waals surface area contributed by atoms with Gasteiger partial charge in [-0.3, -0.25) is 9.67 Å². The van der Waals surface area contributed by atoms with Crippen LogP contribution in [0.2, 0.25) is 19.6 Å². The average Bonchev–Trinajstić information content (AvgIpc) is 2.77. The summed E-state index contributed by atoms with van der Waals surface area (Å²) in [5.41, 5.74) is 3.24. The molecule has 1 aromatic carbocycles. The third-order valence-corrected chi connectivity index (χ3v) is 3.68. The van der Waals surface area contributed by atoms with Crippen LogP contribution in [0.3, 0.4) is 0 Å². The minimum absolute atomic E-state index is 0.772. The van der Waals surface area contributed by atoms with Crippen molar-refractivity contribution >= 4 is 20.2 Å². The van der Waals surface area contributed by atoms with Gasteiger partial charge in [0.25, 0.3) is 0 Å². The summed E-state index contributed by atoms with van der Waals surface area (Å²) in [6, 6.07) is 6.15. The molecule has 2 aromatic rings. The second kappa shape index (κ2) is 6.26. The van der Waals surface area contributed by atoms with E-state index in [0.717, 1.165) is 23.4 Å². The molecule has 0 saturated heterocycles. The first-order valence-corrected chi connectivity index (χ1v) is 10.5. The van der Waals surface area contributed by atoms with Crippen LogP contribution in [0.4, 0.5) is 5.69 Å². The zero-order chi connectivity index (χ0) is 15.5. The van der Waals surface area contributed by atoms with Crippen LogP contribution in [0.25, 0.3) is 0 Å². The topological polar surface area (TPSA) is 39.4 Å². The van der Waals surface area contributed by atoms with Crippen LogP contribution in [0.5, 0.6) is 5.75 Å². The lowest BCUT2D eigenvalue weighted by Crippen LogP contribution is -2.29. The van der Waals surface area contributed by atoms with E-state index in [9.17, 15) is 0 Å². The van der Waals surface area contributed by atoms with Crippen LogP contribution >= 0.6 is 0 Å². The smallest absolute Gasteiger partial charge is 0.242 e. The summed E-state index contributed by atoms with van der Waals surface area (Å²) in [5, 5.41) is 4.16. The number of aliphatic imine (C=N–C) groups is 1. The molecule has 0 radical (unpaired) electrons. The van der Waals surface area contributed by atoms with Gasteiger partial charge in [-0.25, -0.2) is 0 Å². The minimum Gasteiger partial charge on any atom is -0.543 e. The summed E-state index contributed by atoms with van der Waals surface area (Å²) in [7, 11) is 0.284. The van der Waals surface area contributed by atoms with Gasteiger partial charge in [0.05, 0.1) is 6.20 Å². The molecule has 1 heterocycles. The van der Waals surface area contributed by atoms with Gasteiger partial charge in [-0.2, -0.15) is 5.10 Å². The predicted molar refractivity (Wildman–Crippen MR) is 90.2 cm³/mol. The maximum atomic E-state index is 6.10. The van der Waals surface area contributed by atoms with Crippen molar-refractivity contribution in [2.24, 2.45) is 12.0 Å². The molecule has 0 aliphatic heterocycles. The zero-order valence-corrected chi connectivity index (χ0v) is 14.4. The van der Waals surface area contributed by atoms with Crippen LogP contribution in [-0.2, 0) is 13.5 Å². The van der Waals surface area contributed by atoms with Crippen molar-refractivity contribution in [2.75, 3.05) is 0 Å². The summed E-state index contributed by atoms with van der Waals surface area (Å²) in [5.74, 6) is 0.877. The molecule has 1 aromatic heterocycles. The maximum absolute atomic E-state index is 6.10. The number of aryl methyl sites for hydroxylation is 2. The Hall–Kier alpha value is -1.88. The Morgan fingerprint density at radius 2 is 2.10 bits per heavy atom. The lowest BCUT2D eigenvalue weighted by Gasteiger charge is -2.20. The molecule has 0 aliphatic carbocycles. The van der Waals surface area contributed by atoms with Crippen molar-refractivity contribution in [2.45, 2.75) is 33.0 Å². The number of aromatic nitrogens is 2. The Morgan fingerprint density at radius 1 is 1.33 bits per heavy atom. The lowest BCUT2D eigenvalue weighted by molar-refractivity contribution is 0.559. The van der Waals surface area contributed by atoms with E-state index in [2.05, 4.69) is 48.8 Å². The molecule has 0 aliphatic rings. The van der Waals surface area contributed by atoms with Gasteiger partial charge >= 0.3 is 0 Å². The molecule has 21 heavy (non-hydrogen) atoms. The van der Waals surface area contributed by atoms with Crippen LogP contribution in [0.15, 0.2) is 35.6 Å². The van der Waals surface area contributed by atoms with Gasteiger partial charge in [-0.15, -0.1) is 0 Å². The molecule has 0 N–H and O–H groups in total. The molecule has 0 atom stereocenters. The molecular formula is C16H23N3OSi. The van der Waals surface area contributed by atoms with Gasteiger partial charge in [-0.05, 0) is 49.8 Å². The van der Waals surface area contributed by atoms with Gasteiger partial charge in [0, 0.05) is 25.9 Å². The highest BCUT2D eigenvalue weighted by atomic mass is 28.4. The molecular weight excluding hydrogens is 278 g/mol. The fraction of sp³-hybridized carbons (Fsp3) is 0.375. The van der Waals surface area contributed by atoms with E-state index in [4.69, 9.17) is 4.43 Å². The molecule has 0 fully saturated rings. The largest absolute Gasteiger partial charge is 0.543 e. The highest BCUT2D eigenvalue weighted by Crippen LogP contribution is 2.30. The SMILES string of the molecule is Cc1ccc(O[Si](C)(C)C)c(N=CCc2cnn(C)c2)c1. The molecule has 4 nitrogen and oxygen atoms in total. The van der Waals surface area contributed by atoms with Gasteiger partial charge in [-0.1, -0.05) is 6.07 Å². The van der Waals surface area contributed by atoms with Crippen molar-refractivity contribution in [3.63, 3.8) is 0 Å². The highest BCUT2D eigenvalue weighted by molar-refractivity contribution is 6.70. The fourth-order valence-electron chi connectivity index (χ4n) is 1.97. The van der Waals surface area contributed by atoms with E-state index in [-0.39, 0.29) is 0 Å². The minimum atomic E-state index is -1.63. The normalized spacial score (nSPS) is 12.0. The second-order valence-corrected chi connectivity index (χ2v) is 10.7. The second-order valence-electron chi connectivity index (χ2n) is 6.22. The van der Waals surface area contributed by atoms with E-state index >= 15 is 0 Å². The van der Waals surface area contributed by atoms with E-state index in [0.29, 0.717) is 0 Å². The third kappa shape index (κ3) is 4.86. The molecule has 2 rings (SSSR count). The molecule has 0 amide bonds. The molecule has 0 spiro atoms. The first-order valence-electron chi connectivity index (χ1n) is 7.13. The van der Waals surface area contributed by atoms with Crippen molar-refractivity contribution in [1.82, 2.24) is 9.78 Å². The molecule has 0 unspecified atom stereocenters. The number of rotatable bonds is 5. The predicted octanol–water partition coefficient (Wildman–Crippen LogP) is 3.89. The zero-order valence-electron chi connectivity index (χ0n) is 13.4. The Kier molecular flexibility index (Phi) is 4.62. The highest BCUT2D eigenvalue weighted by Gasteiger charge is 2.18. The number of hydrogen-bond donors (Lipinski definition) is 0. The van der Waals surface area contributed by atoms with Gasteiger partial charge in [0.1, 0.15) is 11.4 Å². The van der Waals surface area contributed by atoms with Crippen LogP contribution in [0.1, 0.15) is 11.1 Å². The summed E-state index contributed by atoms with van der Waals surface area (Å²) < 4.78 is 7.90. The van der Waals surface area contributed by atoms with E-state index in [1.165, 1.54) is 5.56 Å². The lowest BCUT2D eigenvalue weighted by atomic mass is 10.2. The number of nitrogens with zero attached hydrogens (tertiary/aromatic N) is 3. The standard InChI is InChI=1S/C16H23N3OSi/c1-13-6-7-16(20-21(3,4)5)15(10-13)17-9-8-14-11-18-19(2)12-14/h6-7,9-12H,8H2,1-5H3. The van der Waals surface area contributed by atoms with E-state index < -0.39 is 8.32 Å². The van der Waals surface area contributed by atoms with Crippen LogP contribution in [-0.4, -0.2) is 24.3 Å². The Bertz CT molecular complexity index is 641. The quantitative estimate of drug-likeness (QED) is 0.621. The van der Waals surface area contributed by atoms with Crippen molar-refractivity contribution in [3.8, 4) is 5.75 Å². The average molecular weight is 301 g/mol. The molecule has 5 heteroatoms. The first-order chi connectivity index (χ1) is 9.83. The van der Waals surface area contributed by atoms with E-state index in [1.807, 2.05) is 31.7 Å². The molecule has 0 saturated carbocycles. The molecule has 0 bridgehead atoms. The van der Waals surface area contributed by atoms with E-state index in [1.54, 1.807) is 4.68 Å². The summed E-state index contributed by atoms with van der Waals surface area (Å²) in [4.78, 5) is 4.59. The van der Waals surface area contributed by atoms with Crippen LogP contribution in [0, 0.1) is 6.92 Å². The van der Waals surface area contributed by atoms with Crippen molar-refractivity contribution < 1.29 is 4.43 Å². The summed E-state index contributed by atoms with van der Waals surface area (Å²) in [6.45, 7) is 8.60. The first kappa shape index (κ1) is 15.5. The van der Waals surface area contributed by atoms with Crippen LogP contribution < -0.4 is 4.43 Å². The monoisotopic (exact) mass is 301 g/mol. The van der Waals surface area contributed by atoms with Gasteiger partial charge in [0.2, 0.25) is 8.32 Å². The number of benzene rings is 1. The van der Waals surface area contributed by atoms with Gasteiger partial charge in [0.15, 0.2) is 0 Å². The molecule has 112 valence electrons. The Balaban J connectivity index is 2.15. The summed E-state index contributed by atoms with van der Waals surface area (Å²) >= 11 is 0. The van der Waals surface area contributed by atoms with Crippen molar-refractivity contribution in [3.05, 3.63) is 41.7 Å². The fourth-order valence-corrected chi connectivity index (χ4v) is 2.80. The summed E-state index contributed by atoms with van der Waals surface area (Å²) in [6.07, 6.45) is 6.56. The number of hydrogen-bond acceptors (Lipinski definition) is 3. The third-order valence-electron chi connectivity index (χ3n) is 2.85. The van der Waals surface area contributed by atoms with Gasteiger partial charge < -0.3 is 4.43 Å². The Morgan fingerprint density at radius 3 is 2.71 bits per heavy atom. The maximum Gasteiger partial charge on any atom is 0.242 e.